The molecule has 0 bridgehead atoms. The van der Waals surface area contributed by atoms with Crippen LogP contribution in [0.5, 0.6) is 0 Å². The van der Waals surface area contributed by atoms with Crippen molar-refractivity contribution in [1.82, 2.24) is 0 Å². The third-order valence-corrected chi connectivity index (χ3v) is 6.07. The van der Waals surface area contributed by atoms with Crippen LogP contribution in [0.15, 0.2) is 11.8 Å². The topological polar surface area (TPSA) is 159 Å². The van der Waals surface area contributed by atoms with Crippen molar-refractivity contribution in [2.24, 2.45) is 0 Å². The molecule has 1 atom stereocenters. The zero-order valence-electron chi connectivity index (χ0n) is 27.8. The van der Waals surface area contributed by atoms with Crippen molar-refractivity contribution in [3.63, 3.8) is 0 Å². The number of phosphoric acid groups is 1. The van der Waals surface area contributed by atoms with Gasteiger partial charge in [0.05, 0.1) is 54.2 Å². The van der Waals surface area contributed by atoms with Crippen LogP contribution >= 0.6 is 7.82 Å². The van der Waals surface area contributed by atoms with Gasteiger partial charge in [-0.2, -0.15) is 0 Å². The molecule has 0 aliphatic heterocycles. The SMILES string of the molecule is CCOC=C(C(=O)OC(OCC)(OCC)C(OCC)(OCC)OP(=O)([O-])OCC[N+](C)(C)C)C(OCC)(OCC)OCC. The summed E-state index contributed by atoms with van der Waals surface area (Å²) in [6.45, 7) is 12.6. The number of hydrogen-bond acceptors (Lipinski definition) is 14. The van der Waals surface area contributed by atoms with E-state index >= 15 is 0 Å². The number of quaternary nitrogens is 1. The number of likely N-dealkylation sites (N-methyl/N-ethyl adjacent to an activating group) is 1. The second-order valence-corrected chi connectivity index (χ2v) is 10.8. The summed E-state index contributed by atoms with van der Waals surface area (Å²) in [5.41, 5.74) is -0.380. The van der Waals surface area contributed by atoms with E-state index in [0.29, 0.717) is 11.0 Å². The molecule has 1 unspecified atom stereocenters. The molecule has 0 heterocycles. The van der Waals surface area contributed by atoms with Crippen molar-refractivity contribution in [1.29, 1.82) is 0 Å². The zero-order valence-corrected chi connectivity index (χ0v) is 28.7. The molecule has 15 nitrogen and oxygen atoms in total. The molecule has 0 N–H and O–H groups in total. The Bertz CT molecular complexity index is 834. The van der Waals surface area contributed by atoms with Crippen LogP contribution in [0.2, 0.25) is 0 Å². The highest BCUT2D eigenvalue weighted by Crippen LogP contribution is 2.50. The van der Waals surface area contributed by atoms with Gasteiger partial charge in [0.1, 0.15) is 19.4 Å². The molecule has 0 fully saturated rings. The Morgan fingerprint density at radius 2 is 1.12 bits per heavy atom. The summed E-state index contributed by atoms with van der Waals surface area (Å²) in [5.74, 6) is -8.87. The zero-order chi connectivity index (χ0) is 33.2. The van der Waals surface area contributed by atoms with Gasteiger partial charge in [-0.15, -0.1) is 0 Å². The van der Waals surface area contributed by atoms with Crippen molar-refractivity contribution in [2.75, 3.05) is 87.1 Å². The van der Waals surface area contributed by atoms with Gasteiger partial charge < -0.3 is 56.5 Å². The fraction of sp³-hybridized carbons (Fsp3) is 0.889. The second kappa shape index (κ2) is 20.0. The van der Waals surface area contributed by atoms with Gasteiger partial charge in [0.15, 0.2) is 5.57 Å². The van der Waals surface area contributed by atoms with Gasteiger partial charge in [-0.3, -0.25) is 9.09 Å². The average molecular weight is 648 g/mol. The summed E-state index contributed by atoms with van der Waals surface area (Å²) in [6, 6.07) is 0. The van der Waals surface area contributed by atoms with E-state index in [0.717, 1.165) is 6.26 Å². The molecule has 0 amide bonds. The fourth-order valence-electron chi connectivity index (χ4n) is 3.54. The normalized spacial score (nSPS) is 14.9. The van der Waals surface area contributed by atoms with Gasteiger partial charge in [-0.25, -0.2) is 4.79 Å². The molecule has 16 heteroatoms. The minimum absolute atomic E-state index is 0.0632. The number of phosphoric ester groups is 1. The van der Waals surface area contributed by atoms with Crippen molar-refractivity contribution in [2.45, 2.75) is 73.3 Å². The Balaban J connectivity index is 7.17. The molecule has 0 saturated carbocycles. The maximum Gasteiger partial charge on any atom is 0.417 e. The number of ether oxygens (including phenoxy) is 9. The van der Waals surface area contributed by atoms with Crippen LogP contribution in [0, 0.1) is 0 Å². The summed E-state index contributed by atoms with van der Waals surface area (Å²) >= 11 is 0. The highest BCUT2D eigenvalue weighted by atomic mass is 31.2. The van der Waals surface area contributed by atoms with Gasteiger partial charge >= 0.3 is 23.9 Å². The van der Waals surface area contributed by atoms with Gasteiger partial charge in [0, 0.05) is 19.8 Å². The largest absolute Gasteiger partial charge is 0.756 e. The first kappa shape index (κ1) is 41.8. The first-order valence-corrected chi connectivity index (χ1v) is 16.1. The lowest BCUT2D eigenvalue weighted by atomic mass is 10.2. The van der Waals surface area contributed by atoms with Crippen molar-refractivity contribution < 1.29 is 70.4 Å². The number of rotatable bonds is 26. The monoisotopic (exact) mass is 647 g/mol. The van der Waals surface area contributed by atoms with E-state index in [1.807, 2.05) is 21.1 Å². The van der Waals surface area contributed by atoms with Crippen molar-refractivity contribution in [3.05, 3.63) is 11.8 Å². The predicted molar refractivity (Wildman–Crippen MR) is 153 cm³/mol. The van der Waals surface area contributed by atoms with E-state index in [2.05, 4.69) is 0 Å². The minimum Gasteiger partial charge on any atom is -0.756 e. The van der Waals surface area contributed by atoms with E-state index in [-0.39, 0.29) is 65.0 Å². The smallest absolute Gasteiger partial charge is 0.417 e. The van der Waals surface area contributed by atoms with Crippen LogP contribution in [-0.4, -0.2) is 116 Å². The molecular weight excluding hydrogens is 593 g/mol. The fourth-order valence-corrected chi connectivity index (χ4v) is 4.41. The number of esters is 1. The molecule has 0 saturated heterocycles. The quantitative estimate of drug-likeness (QED) is 0.0337. The Kier molecular flexibility index (Phi) is 19.5. The number of carbonyl (C=O) groups excluding carboxylic acids is 1. The molecule has 0 spiro atoms. The van der Waals surface area contributed by atoms with Crippen LogP contribution in [-0.2, 0) is 61.0 Å². The van der Waals surface area contributed by atoms with Gasteiger partial charge in [-0.1, -0.05) is 0 Å². The van der Waals surface area contributed by atoms with Crippen molar-refractivity contribution in [3.8, 4) is 0 Å². The lowest BCUT2D eigenvalue weighted by Crippen LogP contribution is -2.65. The Hall–Kier alpha value is -1.20. The summed E-state index contributed by atoms with van der Waals surface area (Å²) in [5, 5.41) is 0. The number of carbonyl (C=O) groups is 1. The molecular formula is C27H54NO14P. The third-order valence-electron chi connectivity index (χ3n) is 5.10. The van der Waals surface area contributed by atoms with Crippen LogP contribution in [0.1, 0.15) is 55.4 Å². The van der Waals surface area contributed by atoms with E-state index in [4.69, 9.17) is 51.7 Å². The lowest BCUT2D eigenvalue weighted by Gasteiger charge is -2.46. The lowest BCUT2D eigenvalue weighted by molar-refractivity contribution is -0.870. The Morgan fingerprint density at radius 3 is 1.49 bits per heavy atom. The van der Waals surface area contributed by atoms with Crippen LogP contribution in [0.3, 0.4) is 0 Å². The van der Waals surface area contributed by atoms with E-state index < -0.39 is 31.7 Å². The average Bonchev–Trinajstić information content (AvgIpc) is 2.88. The summed E-state index contributed by atoms with van der Waals surface area (Å²) in [7, 11) is 0.355. The first-order chi connectivity index (χ1) is 20.2. The molecule has 0 radical (unpaired) electrons. The Labute approximate surface area is 256 Å². The maximum atomic E-state index is 14.1. The van der Waals surface area contributed by atoms with E-state index in [1.165, 1.54) is 0 Å². The molecule has 0 aromatic carbocycles. The number of nitrogens with zero attached hydrogens (tertiary/aromatic N) is 1. The Morgan fingerprint density at radius 1 is 0.698 bits per heavy atom. The second-order valence-electron chi connectivity index (χ2n) is 9.46. The van der Waals surface area contributed by atoms with Gasteiger partial charge in [0.2, 0.25) is 0 Å². The van der Waals surface area contributed by atoms with E-state index in [9.17, 15) is 14.3 Å². The molecule has 0 aliphatic rings. The van der Waals surface area contributed by atoms with Gasteiger partial charge in [-0.05, 0) is 55.4 Å². The summed E-state index contributed by atoms with van der Waals surface area (Å²) < 4.78 is 75.9. The number of hydrogen-bond donors (Lipinski definition) is 0. The molecule has 0 aliphatic carbocycles. The van der Waals surface area contributed by atoms with Crippen LogP contribution < -0.4 is 4.89 Å². The molecule has 43 heavy (non-hydrogen) atoms. The minimum atomic E-state index is -5.23. The van der Waals surface area contributed by atoms with Crippen LogP contribution in [0.4, 0.5) is 0 Å². The van der Waals surface area contributed by atoms with E-state index in [1.54, 1.807) is 55.4 Å². The third kappa shape index (κ3) is 13.0. The summed E-state index contributed by atoms with van der Waals surface area (Å²) in [4.78, 5) is 27.3. The highest BCUT2D eigenvalue weighted by Gasteiger charge is 2.65. The molecule has 0 aromatic heterocycles. The summed E-state index contributed by atoms with van der Waals surface area (Å²) in [6.07, 6.45) is 1.06. The standard InChI is InChI=1S/C27H54NO14P/c1-12-32-22-23(25(33-13-2,34-14-3)35-15-4)24(29)41-26(36-16-5,37-17-6)27(38-18-7,39-19-8)42-43(30,31)40-21-20-28(9,10)11/h22H,12-21H2,1-11H3. The molecule has 0 aromatic rings. The molecule has 256 valence electrons. The predicted octanol–water partition coefficient (Wildman–Crippen LogP) is 2.87. The highest BCUT2D eigenvalue weighted by molar-refractivity contribution is 7.45. The van der Waals surface area contributed by atoms with Crippen molar-refractivity contribution >= 4 is 13.8 Å². The molecule has 0 rings (SSSR count). The van der Waals surface area contributed by atoms with Gasteiger partial charge in [0.25, 0.3) is 7.82 Å². The van der Waals surface area contributed by atoms with Crippen LogP contribution in [0.25, 0.3) is 0 Å². The first-order valence-electron chi connectivity index (χ1n) is 14.7. The maximum absolute atomic E-state index is 14.1.